The predicted molar refractivity (Wildman–Crippen MR) is 50.0 cm³/mol. The maximum Gasteiger partial charge on any atom is 0.324 e. The Balaban J connectivity index is 3.01. The van der Waals surface area contributed by atoms with E-state index >= 15 is 0 Å². The van der Waals surface area contributed by atoms with Crippen LogP contribution in [0.4, 0.5) is 8.78 Å². The third kappa shape index (κ3) is 2.29. The van der Waals surface area contributed by atoms with E-state index in [2.05, 4.69) is 20.7 Å². The van der Waals surface area contributed by atoms with Crippen molar-refractivity contribution in [3.05, 3.63) is 35.4 Å². The molecule has 1 rings (SSSR count). The second-order valence-corrected chi connectivity index (χ2v) is 3.47. The first-order valence-electron chi connectivity index (χ1n) is 3.73. The Bertz CT molecular complexity index is 355. The molecule has 0 amide bonds. The number of alkyl halides is 1. The Morgan fingerprint density at radius 3 is 2.64 bits per heavy atom. The summed E-state index contributed by atoms with van der Waals surface area (Å²) in [6.45, 7) is 0. The van der Waals surface area contributed by atoms with Crippen LogP contribution in [0.3, 0.4) is 0 Å². The van der Waals surface area contributed by atoms with E-state index in [1.165, 1.54) is 13.2 Å². The molecule has 14 heavy (non-hydrogen) atoms. The maximum absolute atomic E-state index is 13.1. The molecule has 0 heterocycles. The molecule has 0 bridgehead atoms. The highest BCUT2D eigenvalue weighted by atomic mass is 79.9. The summed E-state index contributed by atoms with van der Waals surface area (Å²) in [4.78, 5) is 10.1. The second kappa shape index (κ2) is 4.50. The van der Waals surface area contributed by atoms with Crippen LogP contribution in [0.2, 0.25) is 0 Å². The number of ether oxygens (including phenoxy) is 1. The van der Waals surface area contributed by atoms with Gasteiger partial charge in [0.05, 0.1) is 7.11 Å². The molecule has 0 saturated carbocycles. The van der Waals surface area contributed by atoms with E-state index in [0.29, 0.717) is 6.07 Å². The van der Waals surface area contributed by atoms with Crippen LogP contribution < -0.4 is 0 Å². The average molecular weight is 265 g/mol. The number of carbonyl (C=O) groups excluding carboxylic acids is 1. The molecular weight excluding hydrogens is 258 g/mol. The fourth-order valence-corrected chi connectivity index (χ4v) is 1.50. The molecule has 0 aliphatic heterocycles. The molecule has 0 N–H and O–H groups in total. The number of halogens is 3. The molecule has 1 unspecified atom stereocenters. The molecule has 0 saturated heterocycles. The number of rotatable bonds is 2. The molecule has 0 fully saturated rings. The highest BCUT2D eigenvalue weighted by Crippen LogP contribution is 2.26. The Kier molecular flexibility index (Phi) is 3.57. The van der Waals surface area contributed by atoms with Crippen molar-refractivity contribution in [3.8, 4) is 0 Å². The van der Waals surface area contributed by atoms with Gasteiger partial charge >= 0.3 is 5.97 Å². The van der Waals surface area contributed by atoms with Gasteiger partial charge in [0, 0.05) is 11.6 Å². The highest BCUT2D eigenvalue weighted by molar-refractivity contribution is 9.09. The Labute approximate surface area is 88.0 Å². The zero-order chi connectivity index (χ0) is 10.7. The molecule has 0 aliphatic rings. The van der Waals surface area contributed by atoms with Crippen molar-refractivity contribution in [2.24, 2.45) is 0 Å². The second-order valence-electron chi connectivity index (χ2n) is 2.55. The molecule has 0 spiro atoms. The van der Waals surface area contributed by atoms with Crippen LogP contribution in [0, 0.1) is 11.6 Å². The van der Waals surface area contributed by atoms with Crippen LogP contribution in [0.1, 0.15) is 10.4 Å². The quantitative estimate of drug-likeness (QED) is 0.606. The van der Waals surface area contributed by atoms with Gasteiger partial charge in [-0.1, -0.05) is 22.0 Å². The zero-order valence-corrected chi connectivity index (χ0v) is 8.85. The molecule has 1 atom stereocenters. The van der Waals surface area contributed by atoms with Crippen LogP contribution in [-0.4, -0.2) is 13.1 Å². The first-order chi connectivity index (χ1) is 6.56. The Hall–Kier alpha value is -0.970. The lowest BCUT2D eigenvalue weighted by Crippen LogP contribution is -2.09. The average Bonchev–Trinajstić information content (AvgIpc) is 2.15. The number of esters is 1. The van der Waals surface area contributed by atoms with Gasteiger partial charge in [0.15, 0.2) is 0 Å². The fourth-order valence-electron chi connectivity index (χ4n) is 0.937. The number of carbonyl (C=O) groups is 1. The molecule has 1 aromatic rings. The Morgan fingerprint density at radius 2 is 2.14 bits per heavy atom. The number of methoxy groups -OCH3 is 1. The van der Waals surface area contributed by atoms with Gasteiger partial charge in [0.25, 0.3) is 0 Å². The van der Waals surface area contributed by atoms with E-state index in [9.17, 15) is 13.6 Å². The van der Waals surface area contributed by atoms with Gasteiger partial charge in [-0.25, -0.2) is 8.78 Å². The summed E-state index contributed by atoms with van der Waals surface area (Å²) >= 11 is 2.95. The number of hydrogen-bond acceptors (Lipinski definition) is 2. The van der Waals surface area contributed by atoms with Gasteiger partial charge in [-0.05, 0) is 6.07 Å². The van der Waals surface area contributed by atoms with Gasteiger partial charge in [-0.15, -0.1) is 0 Å². The van der Waals surface area contributed by atoms with E-state index in [4.69, 9.17) is 0 Å². The van der Waals surface area contributed by atoms with Crippen molar-refractivity contribution in [1.82, 2.24) is 0 Å². The van der Waals surface area contributed by atoms with E-state index in [-0.39, 0.29) is 5.56 Å². The Morgan fingerprint density at radius 1 is 1.50 bits per heavy atom. The largest absolute Gasteiger partial charge is 0.468 e. The van der Waals surface area contributed by atoms with Crippen molar-refractivity contribution in [2.75, 3.05) is 7.11 Å². The van der Waals surface area contributed by atoms with Crippen molar-refractivity contribution < 1.29 is 18.3 Å². The predicted octanol–water partition coefficient (Wildman–Crippen LogP) is 2.57. The smallest absolute Gasteiger partial charge is 0.324 e. The summed E-state index contributed by atoms with van der Waals surface area (Å²) in [6, 6.07) is 2.99. The van der Waals surface area contributed by atoms with Gasteiger partial charge in [-0.2, -0.15) is 0 Å². The van der Waals surface area contributed by atoms with Crippen LogP contribution in [-0.2, 0) is 9.53 Å². The maximum atomic E-state index is 13.1. The van der Waals surface area contributed by atoms with Gasteiger partial charge < -0.3 is 4.74 Å². The molecule has 1 aromatic carbocycles. The molecule has 0 aliphatic carbocycles. The topological polar surface area (TPSA) is 26.3 Å². The fraction of sp³-hybridized carbons (Fsp3) is 0.222. The lowest BCUT2D eigenvalue weighted by atomic mass is 10.1. The molecule has 5 heteroatoms. The minimum atomic E-state index is -0.909. The van der Waals surface area contributed by atoms with Gasteiger partial charge in [-0.3, -0.25) is 4.79 Å². The van der Waals surface area contributed by atoms with E-state index in [1.807, 2.05) is 0 Å². The minimum absolute atomic E-state index is 0.0539. The van der Waals surface area contributed by atoms with Crippen molar-refractivity contribution in [1.29, 1.82) is 0 Å². The van der Waals surface area contributed by atoms with Gasteiger partial charge in [0.2, 0.25) is 0 Å². The summed E-state index contributed by atoms with van der Waals surface area (Å²) < 4.78 is 30.0. The summed E-state index contributed by atoms with van der Waals surface area (Å²) in [5.74, 6) is -2.09. The molecule has 2 nitrogen and oxygen atoms in total. The van der Waals surface area contributed by atoms with Gasteiger partial charge in [0.1, 0.15) is 16.5 Å². The van der Waals surface area contributed by atoms with E-state index < -0.39 is 22.4 Å². The third-order valence-electron chi connectivity index (χ3n) is 1.64. The van der Waals surface area contributed by atoms with Crippen LogP contribution >= 0.6 is 15.9 Å². The molecule has 76 valence electrons. The summed E-state index contributed by atoms with van der Waals surface area (Å²) in [5, 5.41) is 0. The summed E-state index contributed by atoms with van der Waals surface area (Å²) in [5.41, 5.74) is 0.0539. The zero-order valence-electron chi connectivity index (χ0n) is 7.26. The lowest BCUT2D eigenvalue weighted by Gasteiger charge is -2.08. The normalized spacial score (nSPS) is 12.3. The van der Waals surface area contributed by atoms with Crippen molar-refractivity contribution >= 4 is 21.9 Å². The lowest BCUT2D eigenvalue weighted by molar-refractivity contribution is -0.139. The number of benzene rings is 1. The molecule has 0 radical (unpaired) electrons. The molecule has 0 aromatic heterocycles. The first kappa shape index (κ1) is 11.1. The third-order valence-corrected chi connectivity index (χ3v) is 2.51. The van der Waals surface area contributed by atoms with Crippen LogP contribution in [0.25, 0.3) is 0 Å². The van der Waals surface area contributed by atoms with Crippen molar-refractivity contribution in [3.63, 3.8) is 0 Å². The summed E-state index contributed by atoms with van der Waals surface area (Å²) in [7, 11) is 1.19. The monoisotopic (exact) mass is 264 g/mol. The molecular formula is C9H7BrF2O2. The van der Waals surface area contributed by atoms with Crippen molar-refractivity contribution in [2.45, 2.75) is 4.83 Å². The minimum Gasteiger partial charge on any atom is -0.468 e. The summed E-state index contributed by atoms with van der Waals surface area (Å²) in [6.07, 6.45) is 0. The van der Waals surface area contributed by atoms with Crippen LogP contribution in [0.15, 0.2) is 18.2 Å². The number of hydrogen-bond donors (Lipinski definition) is 0. The standard InChI is InChI=1S/C9H7BrF2O2/c1-14-9(13)8(10)6-3-2-5(11)4-7(6)12/h2-4,8H,1H3. The van der Waals surface area contributed by atoms with E-state index in [1.54, 1.807) is 0 Å². The highest BCUT2D eigenvalue weighted by Gasteiger charge is 2.21. The van der Waals surface area contributed by atoms with E-state index in [0.717, 1.165) is 6.07 Å². The van der Waals surface area contributed by atoms with Crippen LogP contribution in [0.5, 0.6) is 0 Å². The SMILES string of the molecule is COC(=O)C(Br)c1ccc(F)cc1F. The first-order valence-corrected chi connectivity index (χ1v) is 4.64.